The number of nitrogens with zero attached hydrogens (tertiary/aromatic N) is 1. The minimum atomic E-state index is -0.568. The van der Waals surface area contributed by atoms with Gasteiger partial charge in [-0.15, -0.1) is 0 Å². The molecule has 2 saturated heterocycles. The molecule has 0 aromatic heterocycles. The Kier molecular flexibility index (Phi) is 7.83. The Morgan fingerprint density at radius 2 is 1.67 bits per heavy atom. The Morgan fingerprint density at radius 1 is 1.06 bits per heavy atom. The Bertz CT molecular complexity index is 849. The van der Waals surface area contributed by atoms with Crippen molar-refractivity contribution < 1.29 is 19.1 Å². The molecule has 0 spiro atoms. The highest BCUT2D eigenvalue weighted by Crippen LogP contribution is 2.48. The zero-order chi connectivity index (χ0) is 24.3. The van der Waals surface area contributed by atoms with Gasteiger partial charge in [0.25, 0.3) is 0 Å². The summed E-state index contributed by atoms with van der Waals surface area (Å²) in [6.45, 7) is 10.5. The first-order valence-corrected chi connectivity index (χ1v) is 12.0. The number of carbonyl (C=O) groups excluding carboxylic acids is 3. The molecule has 2 heterocycles. The number of esters is 1. The Balaban J connectivity index is 1.87. The van der Waals surface area contributed by atoms with Crippen LogP contribution in [-0.2, 0) is 25.7 Å². The second-order valence-corrected chi connectivity index (χ2v) is 10.8. The summed E-state index contributed by atoms with van der Waals surface area (Å²) in [7, 11) is 1.37. The maximum Gasteiger partial charge on any atom is 0.311 e. The van der Waals surface area contributed by atoms with Crippen LogP contribution in [0.4, 0.5) is 0 Å². The highest BCUT2D eigenvalue weighted by molar-refractivity contribution is 5.89. The molecule has 1 unspecified atom stereocenters. The highest BCUT2D eigenvalue weighted by atomic mass is 16.5. The average molecular weight is 458 g/mol. The van der Waals surface area contributed by atoms with Crippen LogP contribution in [-0.4, -0.2) is 53.5 Å². The van der Waals surface area contributed by atoms with Gasteiger partial charge in [-0.25, -0.2) is 0 Å². The van der Waals surface area contributed by atoms with Crippen LogP contribution in [0.1, 0.15) is 59.4 Å². The van der Waals surface area contributed by atoms with Crippen LogP contribution < -0.4 is 10.6 Å². The third kappa shape index (κ3) is 5.75. The number of rotatable bonds is 8. The summed E-state index contributed by atoms with van der Waals surface area (Å²) in [5, 5.41) is 6.15. The molecule has 2 N–H and O–H groups in total. The number of carbonyl (C=O) groups is 3. The lowest BCUT2D eigenvalue weighted by Gasteiger charge is -2.35. The van der Waals surface area contributed by atoms with Crippen molar-refractivity contribution >= 4 is 17.8 Å². The molecule has 7 nitrogen and oxygen atoms in total. The molecular formula is C26H39N3O4. The summed E-state index contributed by atoms with van der Waals surface area (Å²) in [6.07, 6.45) is 2.24. The molecule has 5 atom stereocenters. The summed E-state index contributed by atoms with van der Waals surface area (Å²) in [4.78, 5) is 41.8. The second kappa shape index (κ2) is 10.2. The van der Waals surface area contributed by atoms with E-state index >= 15 is 0 Å². The molecule has 3 rings (SSSR count). The molecule has 33 heavy (non-hydrogen) atoms. The average Bonchev–Trinajstić information content (AvgIpc) is 3.30. The summed E-state index contributed by atoms with van der Waals surface area (Å²) in [5.74, 6) is -1.36. The zero-order valence-corrected chi connectivity index (χ0v) is 20.8. The van der Waals surface area contributed by atoms with E-state index in [1.54, 1.807) is 0 Å². The van der Waals surface area contributed by atoms with E-state index in [-0.39, 0.29) is 41.4 Å². The van der Waals surface area contributed by atoms with Gasteiger partial charge in [-0.05, 0) is 51.5 Å². The van der Waals surface area contributed by atoms with Gasteiger partial charge in [0, 0.05) is 24.2 Å². The number of hydrogen-bond acceptors (Lipinski definition) is 5. The second-order valence-electron chi connectivity index (χ2n) is 10.8. The fraction of sp³-hybridized carbons (Fsp3) is 0.654. The molecule has 0 radical (unpaired) electrons. The Morgan fingerprint density at radius 3 is 2.21 bits per heavy atom. The lowest BCUT2D eigenvalue weighted by atomic mass is 9.78. The van der Waals surface area contributed by atoms with Crippen molar-refractivity contribution in [1.82, 2.24) is 15.5 Å². The fourth-order valence-corrected chi connectivity index (χ4v) is 5.50. The largest absolute Gasteiger partial charge is 0.469 e. The first kappa shape index (κ1) is 25.2. The number of amides is 2. The molecule has 7 heteroatoms. The van der Waals surface area contributed by atoms with Gasteiger partial charge in [0.05, 0.1) is 25.0 Å². The van der Waals surface area contributed by atoms with Gasteiger partial charge < -0.3 is 15.4 Å². The normalized spacial score (nSPS) is 25.7. The van der Waals surface area contributed by atoms with Crippen molar-refractivity contribution in [2.24, 2.45) is 17.8 Å². The lowest BCUT2D eigenvalue weighted by Crippen LogP contribution is -2.54. The summed E-state index contributed by atoms with van der Waals surface area (Å²) in [5.41, 5.74) is 0.641. The van der Waals surface area contributed by atoms with Crippen molar-refractivity contribution in [1.29, 1.82) is 0 Å². The van der Waals surface area contributed by atoms with Crippen LogP contribution >= 0.6 is 0 Å². The van der Waals surface area contributed by atoms with Crippen LogP contribution in [0, 0.1) is 17.8 Å². The lowest BCUT2D eigenvalue weighted by molar-refractivity contribution is -0.151. The molecule has 1 aromatic carbocycles. The molecule has 2 amide bonds. The van der Waals surface area contributed by atoms with Gasteiger partial charge in [-0.1, -0.05) is 44.2 Å². The van der Waals surface area contributed by atoms with Crippen LogP contribution in [0.15, 0.2) is 30.3 Å². The summed E-state index contributed by atoms with van der Waals surface area (Å²) in [6, 6.07) is 8.99. The molecule has 182 valence electrons. The van der Waals surface area contributed by atoms with E-state index in [1.165, 1.54) is 7.11 Å². The van der Waals surface area contributed by atoms with Crippen molar-refractivity contribution in [2.75, 3.05) is 7.11 Å². The molecule has 2 bridgehead atoms. The predicted molar refractivity (Wildman–Crippen MR) is 127 cm³/mol. The molecule has 2 aliphatic rings. The Hall–Kier alpha value is -2.41. The van der Waals surface area contributed by atoms with Gasteiger partial charge >= 0.3 is 5.97 Å². The Labute approximate surface area is 197 Å². The van der Waals surface area contributed by atoms with Crippen molar-refractivity contribution in [2.45, 2.75) is 84.1 Å². The van der Waals surface area contributed by atoms with Gasteiger partial charge in [0.15, 0.2) is 0 Å². The van der Waals surface area contributed by atoms with Crippen molar-refractivity contribution in [3.8, 4) is 0 Å². The molecule has 0 aliphatic carbocycles. The van der Waals surface area contributed by atoms with Crippen molar-refractivity contribution in [3.63, 3.8) is 0 Å². The predicted octanol–water partition coefficient (Wildman–Crippen LogP) is 2.88. The number of nitrogens with one attached hydrogen (secondary N) is 2. The summed E-state index contributed by atoms with van der Waals surface area (Å²) >= 11 is 0. The van der Waals surface area contributed by atoms with Crippen LogP contribution in [0.5, 0.6) is 0 Å². The summed E-state index contributed by atoms with van der Waals surface area (Å²) < 4.78 is 5.13. The molecule has 0 saturated carbocycles. The minimum absolute atomic E-state index is 0.0398. The van der Waals surface area contributed by atoms with Gasteiger partial charge in [0.2, 0.25) is 11.8 Å². The quantitative estimate of drug-likeness (QED) is 0.586. The first-order chi connectivity index (χ1) is 15.5. The number of hydrogen-bond donors (Lipinski definition) is 2. The van der Waals surface area contributed by atoms with E-state index in [4.69, 9.17) is 4.74 Å². The third-order valence-electron chi connectivity index (χ3n) is 6.68. The molecule has 2 fully saturated rings. The minimum Gasteiger partial charge on any atom is -0.469 e. The van der Waals surface area contributed by atoms with E-state index in [1.807, 2.05) is 51.1 Å². The van der Waals surface area contributed by atoms with Gasteiger partial charge in [-0.3, -0.25) is 19.3 Å². The highest BCUT2D eigenvalue weighted by Gasteiger charge is 2.61. The monoisotopic (exact) mass is 457 g/mol. The smallest absolute Gasteiger partial charge is 0.311 e. The van der Waals surface area contributed by atoms with Crippen LogP contribution in [0.25, 0.3) is 0 Å². The standard InChI is InChI=1S/C26H39N3O4/c1-16(2)14-20(23(30)28-26(3,4)5)29-18-12-13-19(29)22(25(32)33-6)21(18)24(31)27-15-17-10-8-7-9-11-17/h7-11,16,18-22H,12-15H2,1-6H3,(H,27,31)(H,28,30)/t18-,19+,20?,21+,22+/m0/s1. The number of fused-ring (bicyclic) bond motifs is 2. The SMILES string of the molecule is COC(=O)[C@H]1[C@H](C(=O)NCc2ccccc2)[C@@H]2CC[C@H]1N2C(CC(C)C)C(=O)NC(C)(C)C. The van der Waals surface area contributed by atoms with Gasteiger partial charge in [-0.2, -0.15) is 0 Å². The van der Waals surface area contributed by atoms with E-state index in [0.717, 1.165) is 18.4 Å². The van der Waals surface area contributed by atoms with Crippen LogP contribution in [0.3, 0.4) is 0 Å². The van der Waals surface area contributed by atoms with E-state index in [2.05, 4.69) is 29.4 Å². The number of ether oxygens (including phenoxy) is 1. The number of benzene rings is 1. The maximum atomic E-state index is 13.4. The fourth-order valence-electron chi connectivity index (χ4n) is 5.50. The van der Waals surface area contributed by atoms with Crippen molar-refractivity contribution in [3.05, 3.63) is 35.9 Å². The van der Waals surface area contributed by atoms with Crippen LogP contribution in [0.2, 0.25) is 0 Å². The third-order valence-corrected chi connectivity index (χ3v) is 6.68. The van der Waals surface area contributed by atoms with E-state index in [0.29, 0.717) is 18.9 Å². The molecule has 2 aliphatic heterocycles. The first-order valence-electron chi connectivity index (χ1n) is 12.0. The van der Waals surface area contributed by atoms with E-state index < -0.39 is 11.8 Å². The zero-order valence-electron chi connectivity index (χ0n) is 20.8. The topological polar surface area (TPSA) is 87.7 Å². The molecular weight excluding hydrogens is 418 g/mol. The number of methoxy groups -OCH3 is 1. The van der Waals surface area contributed by atoms with E-state index in [9.17, 15) is 14.4 Å². The molecule has 1 aromatic rings. The van der Waals surface area contributed by atoms with Gasteiger partial charge in [0.1, 0.15) is 0 Å². The maximum absolute atomic E-state index is 13.4.